The number of hydrogen-bond acceptors (Lipinski definition) is 6. The van der Waals surface area contributed by atoms with Crippen LogP contribution in [0.4, 0.5) is 0 Å². The molecule has 2 amide bonds. The molecular formula is C18H33NO6. The molecule has 0 unspecified atom stereocenters. The van der Waals surface area contributed by atoms with Crippen LogP contribution in [0, 0.1) is 10.8 Å². The highest BCUT2D eigenvalue weighted by Crippen LogP contribution is 2.36. The molecule has 1 aliphatic rings. The predicted molar refractivity (Wildman–Crippen MR) is 94.1 cm³/mol. The van der Waals surface area contributed by atoms with Crippen molar-refractivity contribution in [2.45, 2.75) is 75.2 Å². The number of hydroxylamine groups is 2. The van der Waals surface area contributed by atoms with Crippen LogP contribution in [0.3, 0.4) is 0 Å². The third-order valence-electron chi connectivity index (χ3n) is 3.61. The lowest BCUT2D eigenvalue weighted by Gasteiger charge is -2.32. The molecule has 1 heterocycles. The summed E-state index contributed by atoms with van der Waals surface area (Å²) in [6.07, 6.45) is 0.965. The van der Waals surface area contributed by atoms with Gasteiger partial charge in [-0.05, 0) is 40.5 Å². The SMILES string of the molecule is C.C.CCCOC(=O)C(C)(C)CC(C)(C)C(=O)ON1C(=O)CCC1=O. The van der Waals surface area contributed by atoms with E-state index in [2.05, 4.69) is 0 Å². The Morgan fingerprint density at radius 3 is 1.84 bits per heavy atom. The molecule has 0 N–H and O–H groups in total. The Labute approximate surface area is 151 Å². The molecule has 0 aromatic rings. The maximum atomic E-state index is 12.3. The van der Waals surface area contributed by atoms with Crippen LogP contribution in [0.15, 0.2) is 0 Å². The molecule has 0 spiro atoms. The number of hydrogen-bond donors (Lipinski definition) is 0. The second-order valence-electron chi connectivity index (χ2n) is 7.04. The minimum atomic E-state index is -1.06. The van der Waals surface area contributed by atoms with Crippen molar-refractivity contribution in [3.63, 3.8) is 0 Å². The van der Waals surface area contributed by atoms with Gasteiger partial charge >= 0.3 is 11.9 Å². The first-order valence-corrected chi connectivity index (χ1v) is 7.76. The van der Waals surface area contributed by atoms with Crippen molar-refractivity contribution >= 4 is 23.8 Å². The second kappa shape index (κ2) is 9.53. The van der Waals surface area contributed by atoms with E-state index >= 15 is 0 Å². The first-order valence-electron chi connectivity index (χ1n) is 7.76. The van der Waals surface area contributed by atoms with Gasteiger partial charge in [-0.3, -0.25) is 14.4 Å². The van der Waals surface area contributed by atoms with Crippen molar-refractivity contribution < 1.29 is 28.8 Å². The zero-order valence-electron chi connectivity index (χ0n) is 14.4. The lowest BCUT2D eigenvalue weighted by atomic mass is 9.75. The molecule has 1 aliphatic heterocycles. The smallest absolute Gasteiger partial charge is 0.338 e. The van der Waals surface area contributed by atoms with E-state index in [1.54, 1.807) is 27.7 Å². The van der Waals surface area contributed by atoms with Crippen molar-refractivity contribution in [1.29, 1.82) is 0 Å². The number of amides is 2. The summed E-state index contributed by atoms with van der Waals surface area (Å²) >= 11 is 0. The minimum Gasteiger partial charge on any atom is -0.465 e. The van der Waals surface area contributed by atoms with Gasteiger partial charge in [0, 0.05) is 12.8 Å². The van der Waals surface area contributed by atoms with Crippen LogP contribution in [0.1, 0.15) is 75.2 Å². The predicted octanol–water partition coefficient (Wildman–Crippen LogP) is 3.26. The zero-order chi connectivity index (χ0) is 17.8. The normalized spacial score (nSPS) is 14.5. The molecule has 7 heteroatoms. The standard InChI is InChI=1S/C16H25NO6.2CH4/c1-6-9-22-13(20)15(2,3)10-16(4,5)14(21)23-17-11(18)7-8-12(17)19;;/h6-10H2,1-5H3;2*1H4. The van der Waals surface area contributed by atoms with Crippen molar-refractivity contribution in [1.82, 2.24) is 5.06 Å². The summed E-state index contributed by atoms with van der Waals surface area (Å²) in [7, 11) is 0. The number of nitrogens with zero attached hydrogens (tertiary/aromatic N) is 1. The fourth-order valence-corrected chi connectivity index (χ4v) is 2.50. The fraction of sp³-hybridized carbons (Fsp3) is 0.778. The van der Waals surface area contributed by atoms with Crippen LogP contribution in [0.2, 0.25) is 0 Å². The molecule has 146 valence electrons. The van der Waals surface area contributed by atoms with Crippen molar-refractivity contribution in [2.75, 3.05) is 6.61 Å². The summed E-state index contributed by atoms with van der Waals surface area (Å²) in [6.45, 7) is 8.80. The van der Waals surface area contributed by atoms with Gasteiger partial charge in [-0.2, -0.15) is 0 Å². The minimum absolute atomic E-state index is 0. The molecule has 1 fully saturated rings. The summed E-state index contributed by atoms with van der Waals surface area (Å²) < 4.78 is 5.14. The molecule has 25 heavy (non-hydrogen) atoms. The summed E-state index contributed by atoms with van der Waals surface area (Å²) in [6, 6.07) is 0. The third kappa shape index (κ3) is 6.48. The van der Waals surface area contributed by atoms with Crippen LogP contribution in [-0.2, 0) is 28.8 Å². The van der Waals surface area contributed by atoms with Crippen LogP contribution in [-0.4, -0.2) is 35.4 Å². The molecule has 0 radical (unpaired) electrons. The Kier molecular flexibility index (Phi) is 9.66. The highest BCUT2D eigenvalue weighted by molar-refractivity contribution is 6.01. The number of imide groups is 1. The van der Waals surface area contributed by atoms with Gasteiger partial charge in [-0.15, -0.1) is 5.06 Å². The first kappa shape index (κ1) is 25.3. The fourth-order valence-electron chi connectivity index (χ4n) is 2.50. The monoisotopic (exact) mass is 359 g/mol. The van der Waals surface area contributed by atoms with E-state index in [1.165, 1.54) is 0 Å². The molecule has 0 aromatic heterocycles. The summed E-state index contributed by atoms with van der Waals surface area (Å²) in [4.78, 5) is 52.4. The molecular weight excluding hydrogens is 326 g/mol. The number of carbonyl (C=O) groups excluding carboxylic acids is 4. The van der Waals surface area contributed by atoms with E-state index in [9.17, 15) is 19.2 Å². The van der Waals surface area contributed by atoms with Gasteiger partial charge < -0.3 is 9.57 Å². The van der Waals surface area contributed by atoms with E-state index in [1.807, 2.05) is 6.92 Å². The van der Waals surface area contributed by atoms with Gasteiger partial charge in [0.1, 0.15) is 0 Å². The Balaban J connectivity index is 0. The Morgan fingerprint density at radius 1 is 0.960 bits per heavy atom. The van der Waals surface area contributed by atoms with Crippen molar-refractivity contribution in [3.05, 3.63) is 0 Å². The maximum Gasteiger partial charge on any atom is 0.338 e. The van der Waals surface area contributed by atoms with E-state index in [4.69, 9.17) is 9.57 Å². The molecule has 1 saturated heterocycles. The van der Waals surface area contributed by atoms with Crippen molar-refractivity contribution in [2.24, 2.45) is 10.8 Å². The summed E-state index contributed by atoms with van der Waals surface area (Å²) in [5, 5.41) is 0.520. The van der Waals surface area contributed by atoms with Crippen molar-refractivity contribution in [3.8, 4) is 0 Å². The van der Waals surface area contributed by atoms with Gasteiger partial charge in [-0.25, -0.2) is 4.79 Å². The second-order valence-corrected chi connectivity index (χ2v) is 7.04. The van der Waals surface area contributed by atoms with Crippen LogP contribution in [0.25, 0.3) is 0 Å². The van der Waals surface area contributed by atoms with Gasteiger partial charge in [0.25, 0.3) is 11.8 Å². The van der Waals surface area contributed by atoms with E-state index in [0.717, 1.165) is 0 Å². The van der Waals surface area contributed by atoms with Gasteiger partial charge in [0.2, 0.25) is 0 Å². The van der Waals surface area contributed by atoms with E-state index in [-0.39, 0.29) is 34.1 Å². The molecule has 1 rings (SSSR count). The van der Waals surface area contributed by atoms with E-state index < -0.39 is 34.6 Å². The van der Waals surface area contributed by atoms with E-state index in [0.29, 0.717) is 18.1 Å². The Hall–Kier alpha value is -1.92. The molecule has 7 nitrogen and oxygen atoms in total. The van der Waals surface area contributed by atoms with Crippen LogP contribution < -0.4 is 0 Å². The third-order valence-corrected chi connectivity index (χ3v) is 3.61. The maximum absolute atomic E-state index is 12.3. The lowest BCUT2D eigenvalue weighted by molar-refractivity contribution is -0.205. The Morgan fingerprint density at radius 2 is 1.40 bits per heavy atom. The molecule has 0 saturated carbocycles. The molecule has 0 atom stereocenters. The topological polar surface area (TPSA) is 90.0 Å². The van der Waals surface area contributed by atoms with Crippen LogP contribution >= 0.6 is 0 Å². The molecule has 0 aromatic carbocycles. The number of esters is 1. The lowest BCUT2D eigenvalue weighted by Crippen LogP contribution is -2.41. The average Bonchev–Trinajstić information content (AvgIpc) is 2.75. The number of carbonyl (C=O) groups is 4. The van der Waals surface area contributed by atoms with Gasteiger partial charge in [-0.1, -0.05) is 21.8 Å². The average molecular weight is 359 g/mol. The number of ether oxygens (including phenoxy) is 1. The van der Waals surface area contributed by atoms with Crippen LogP contribution in [0.5, 0.6) is 0 Å². The summed E-state index contributed by atoms with van der Waals surface area (Å²) in [5.41, 5.74) is -1.95. The molecule has 0 bridgehead atoms. The highest BCUT2D eigenvalue weighted by atomic mass is 16.7. The number of rotatable bonds is 7. The largest absolute Gasteiger partial charge is 0.465 e. The Bertz CT molecular complexity index is 494. The van der Waals surface area contributed by atoms with Gasteiger partial charge in [0.15, 0.2) is 0 Å². The van der Waals surface area contributed by atoms with Gasteiger partial charge in [0.05, 0.1) is 17.4 Å². The summed E-state index contributed by atoms with van der Waals surface area (Å²) in [5.74, 6) is -2.17. The highest BCUT2D eigenvalue weighted by Gasteiger charge is 2.43. The first-order chi connectivity index (χ1) is 10.5. The molecule has 0 aliphatic carbocycles. The zero-order valence-corrected chi connectivity index (χ0v) is 14.4. The quantitative estimate of drug-likeness (QED) is 0.512.